The van der Waals surface area contributed by atoms with E-state index in [1.165, 1.54) is 0 Å². The summed E-state index contributed by atoms with van der Waals surface area (Å²) in [5, 5.41) is 14.3. The van der Waals surface area contributed by atoms with E-state index in [1.54, 1.807) is 6.07 Å². The van der Waals surface area contributed by atoms with Gasteiger partial charge in [0.15, 0.2) is 0 Å². The predicted octanol–water partition coefficient (Wildman–Crippen LogP) is 4.22. The molecule has 6 heteroatoms. The third-order valence-corrected chi connectivity index (χ3v) is 4.33. The second-order valence-electron chi connectivity index (χ2n) is 6.32. The van der Waals surface area contributed by atoms with Gasteiger partial charge in [-0.1, -0.05) is 24.3 Å². The summed E-state index contributed by atoms with van der Waals surface area (Å²) in [6, 6.07) is 17.3. The third-order valence-electron chi connectivity index (χ3n) is 4.33. The lowest BCUT2D eigenvalue weighted by Crippen LogP contribution is -2.08. The number of carboxylic acid groups (broad SMARTS) is 1. The van der Waals surface area contributed by atoms with Crippen molar-refractivity contribution < 1.29 is 9.90 Å². The number of aromatic amines is 1. The van der Waals surface area contributed by atoms with Gasteiger partial charge in [-0.25, -0.2) is 9.78 Å². The van der Waals surface area contributed by atoms with Crippen LogP contribution in [0.15, 0.2) is 54.6 Å². The number of aromatic carboxylic acids is 1. The number of para-hydroxylation sites is 1. The first kappa shape index (κ1) is 16.0. The SMILES string of the molecule is CN(C)c1cccc(Nc2nc3ccccc3c3[nH]c(C(=O)O)cc23)c1. The molecule has 3 N–H and O–H groups in total. The maximum Gasteiger partial charge on any atom is 0.352 e. The van der Waals surface area contributed by atoms with Gasteiger partial charge in [0.1, 0.15) is 11.5 Å². The standard InChI is InChI=1S/C20H18N4O2/c1-24(2)13-7-5-6-12(10-13)21-19-15-11-17(20(25)26)22-18(15)14-8-3-4-9-16(14)23-19/h3-11,22H,1-2H3,(H,21,23)(H,25,26). The Morgan fingerprint density at radius 1 is 1.08 bits per heavy atom. The first-order chi connectivity index (χ1) is 12.5. The second-order valence-corrected chi connectivity index (χ2v) is 6.32. The zero-order valence-electron chi connectivity index (χ0n) is 14.4. The van der Waals surface area contributed by atoms with Crippen molar-refractivity contribution >= 4 is 45.0 Å². The summed E-state index contributed by atoms with van der Waals surface area (Å²) in [7, 11) is 3.97. The zero-order chi connectivity index (χ0) is 18.3. The molecular formula is C20H18N4O2. The molecule has 0 spiro atoms. The largest absolute Gasteiger partial charge is 0.477 e. The number of hydrogen-bond acceptors (Lipinski definition) is 4. The van der Waals surface area contributed by atoms with Crippen molar-refractivity contribution in [3.05, 3.63) is 60.3 Å². The van der Waals surface area contributed by atoms with Gasteiger partial charge in [-0.2, -0.15) is 0 Å². The molecule has 2 aromatic heterocycles. The van der Waals surface area contributed by atoms with Crippen LogP contribution in [0.1, 0.15) is 10.5 Å². The highest BCUT2D eigenvalue weighted by Crippen LogP contribution is 2.32. The van der Waals surface area contributed by atoms with Gasteiger partial charge in [-0.15, -0.1) is 0 Å². The van der Waals surface area contributed by atoms with Crippen LogP contribution >= 0.6 is 0 Å². The summed E-state index contributed by atoms with van der Waals surface area (Å²) in [6.07, 6.45) is 0. The molecule has 0 amide bonds. The van der Waals surface area contributed by atoms with Gasteiger partial charge in [0.05, 0.1) is 11.0 Å². The van der Waals surface area contributed by atoms with Crippen LogP contribution in [0.4, 0.5) is 17.2 Å². The average Bonchev–Trinajstić information content (AvgIpc) is 3.08. The highest BCUT2D eigenvalue weighted by atomic mass is 16.4. The van der Waals surface area contributed by atoms with Crippen LogP contribution in [0.25, 0.3) is 21.8 Å². The number of hydrogen-bond donors (Lipinski definition) is 3. The van der Waals surface area contributed by atoms with Crippen molar-refractivity contribution in [1.82, 2.24) is 9.97 Å². The quantitative estimate of drug-likeness (QED) is 0.515. The normalized spacial score (nSPS) is 11.0. The first-order valence-electron chi connectivity index (χ1n) is 8.22. The molecule has 0 aliphatic rings. The fraction of sp³-hybridized carbons (Fsp3) is 0.100. The van der Waals surface area contributed by atoms with E-state index in [2.05, 4.69) is 10.3 Å². The summed E-state index contributed by atoms with van der Waals surface area (Å²) < 4.78 is 0. The van der Waals surface area contributed by atoms with Crippen molar-refractivity contribution in [2.75, 3.05) is 24.3 Å². The molecule has 130 valence electrons. The molecule has 2 heterocycles. The van der Waals surface area contributed by atoms with Gasteiger partial charge >= 0.3 is 5.97 Å². The lowest BCUT2D eigenvalue weighted by Gasteiger charge is -2.15. The number of benzene rings is 2. The Kier molecular flexibility index (Phi) is 3.73. The van der Waals surface area contributed by atoms with Crippen molar-refractivity contribution in [1.29, 1.82) is 0 Å². The zero-order valence-corrected chi connectivity index (χ0v) is 14.4. The molecule has 26 heavy (non-hydrogen) atoms. The average molecular weight is 346 g/mol. The summed E-state index contributed by atoms with van der Waals surface area (Å²) in [5.74, 6) is -0.371. The molecule has 0 aliphatic carbocycles. The van der Waals surface area contributed by atoms with E-state index in [4.69, 9.17) is 4.98 Å². The molecule has 0 aliphatic heterocycles. The lowest BCUT2D eigenvalue weighted by atomic mass is 10.1. The van der Waals surface area contributed by atoms with Crippen LogP contribution in [0.5, 0.6) is 0 Å². The molecule has 0 bridgehead atoms. The second kappa shape index (κ2) is 6.07. The number of carboxylic acids is 1. The van der Waals surface area contributed by atoms with E-state index in [9.17, 15) is 9.90 Å². The van der Waals surface area contributed by atoms with Crippen molar-refractivity contribution in [3.8, 4) is 0 Å². The van der Waals surface area contributed by atoms with Crippen LogP contribution in [0, 0.1) is 0 Å². The number of rotatable bonds is 4. The monoisotopic (exact) mass is 346 g/mol. The number of nitrogens with zero attached hydrogens (tertiary/aromatic N) is 2. The molecule has 6 nitrogen and oxygen atoms in total. The number of pyridine rings is 1. The molecular weight excluding hydrogens is 328 g/mol. The minimum Gasteiger partial charge on any atom is -0.477 e. The number of carbonyl (C=O) groups is 1. The van der Waals surface area contributed by atoms with Gasteiger partial charge in [0.2, 0.25) is 0 Å². The van der Waals surface area contributed by atoms with E-state index in [1.807, 2.05) is 67.5 Å². The van der Waals surface area contributed by atoms with Gasteiger partial charge in [0, 0.05) is 36.2 Å². The molecule has 0 fully saturated rings. The van der Waals surface area contributed by atoms with Gasteiger partial charge in [-0.05, 0) is 30.3 Å². The minimum absolute atomic E-state index is 0.142. The van der Waals surface area contributed by atoms with Crippen molar-refractivity contribution in [2.45, 2.75) is 0 Å². The van der Waals surface area contributed by atoms with Gasteiger partial charge < -0.3 is 20.3 Å². The Morgan fingerprint density at radius 3 is 2.65 bits per heavy atom. The summed E-state index contributed by atoms with van der Waals surface area (Å²) in [5.41, 5.74) is 3.65. The highest BCUT2D eigenvalue weighted by molar-refractivity contribution is 6.11. The number of nitrogens with one attached hydrogen (secondary N) is 2. The highest BCUT2D eigenvalue weighted by Gasteiger charge is 2.15. The molecule has 0 saturated carbocycles. The Bertz CT molecular complexity index is 1130. The van der Waals surface area contributed by atoms with E-state index in [0.717, 1.165) is 33.2 Å². The van der Waals surface area contributed by atoms with Crippen LogP contribution in [-0.4, -0.2) is 35.1 Å². The number of aromatic nitrogens is 2. The maximum absolute atomic E-state index is 11.4. The molecule has 0 saturated heterocycles. The number of H-pyrrole nitrogens is 1. The van der Waals surface area contributed by atoms with Crippen molar-refractivity contribution in [2.24, 2.45) is 0 Å². The Labute approximate surface area is 150 Å². The first-order valence-corrected chi connectivity index (χ1v) is 8.22. The van der Waals surface area contributed by atoms with E-state index in [0.29, 0.717) is 5.82 Å². The number of anilines is 3. The van der Waals surface area contributed by atoms with Crippen LogP contribution < -0.4 is 10.2 Å². The van der Waals surface area contributed by atoms with Crippen molar-refractivity contribution in [3.63, 3.8) is 0 Å². The number of fused-ring (bicyclic) bond motifs is 3. The fourth-order valence-corrected chi connectivity index (χ4v) is 3.03. The van der Waals surface area contributed by atoms with Crippen LogP contribution in [-0.2, 0) is 0 Å². The molecule has 2 aromatic carbocycles. The lowest BCUT2D eigenvalue weighted by molar-refractivity contribution is 0.0691. The summed E-state index contributed by atoms with van der Waals surface area (Å²) in [6.45, 7) is 0. The van der Waals surface area contributed by atoms with E-state index < -0.39 is 5.97 Å². The van der Waals surface area contributed by atoms with Gasteiger partial charge in [0.25, 0.3) is 0 Å². The summed E-state index contributed by atoms with van der Waals surface area (Å²) >= 11 is 0. The third kappa shape index (κ3) is 2.71. The molecule has 0 atom stereocenters. The Balaban J connectivity index is 1.90. The molecule has 4 aromatic rings. The Morgan fingerprint density at radius 2 is 1.88 bits per heavy atom. The fourth-order valence-electron chi connectivity index (χ4n) is 3.03. The van der Waals surface area contributed by atoms with E-state index in [-0.39, 0.29) is 5.69 Å². The molecule has 0 unspecified atom stereocenters. The Hall–Kier alpha value is -3.54. The van der Waals surface area contributed by atoms with Crippen LogP contribution in [0.3, 0.4) is 0 Å². The smallest absolute Gasteiger partial charge is 0.352 e. The maximum atomic E-state index is 11.4. The predicted molar refractivity (Wildman–Crippen MR) is 105 cm³/mol. The molecule has 0 radical (unpaired) electrons. The van der Waals surface area contributed by atoms with E-state index >= 15 is 0 Å². The minimum atomic E-state index is -0.995. The molecule has 4 rings (SSSR count). The summed E-state index contributed by atoms with van der Waals surface area (Å²) in [4.78, 5) is 21.2. The van der Waals surface area contributed by atoms with Crippen LogP contribution in [0.2, 0.25) is 0 Å². The topological polar surface area (TPSA) is 81.2 Å². The van der Waals surface area contributed by atoms with Gasteiger partial charge in [-0.3, -0.25) is 0 Å².